The van der Waals surface area contributed by atoms with Gasteiger partial charge in [0.15, 0.2) is 5.75 Å². The van der Waals surface area contributed by atoms with Gasteiger partial charge in [-0.1, -0.05) is 35.3 Å². The highest BCUT2D eigenvalue weighted by molar-refractivity contribution is 6.37. The number of hydrogen-bond donors (Lipinski definition) is 3. The van der Waals surface area contributed by atoms with Crippen molar-refractivity contribution in [3.05, 3.63) is 63.4 Å². The first-order chi connectivity index (χ1) is 12.7. The Morgan fingerprint density at radius 2 is 1.59 bits per heavy atom. The van der Waals surface area contributed by atoms with Crippen LogP contribution in [-0.2, 0) is 5.60 Å². The molecule has 146 valence electrons. The first-order valence-electron chi connectivity index (χ1n) is 8.80. The molecule has 1 aliphatic heterocycles. The zero-order valence-electron chi connectivity index (χ0n) is 14.9. The van der Waals surface area contributed by atoms with E-state index >= 15 is 0 Å². The Hall–Kier alpha value is -1.37. The highest BCUT2D eigenvalue weighted by Gasteiger charge is 2.36. The molecule has 0 bridgehead atoms. The molecule has 0 radical (unpaired) electrons. The topological polar surface area (TPSA) is 63.9 Å². The summed E-state index contributed by atoms with van der Waals surface area (Å²) in [6.45, 7) is 3.04. The van der Waals surface area contributed by atoms with E-state index in [9.17, 15) is 19.7 Å². The lowest BCUT2D eigenvalue weighted by atomic mass is 9.83. The van der Waals surface area contributed by atoms with Crippen molar-refractivity contribution in [3.63, 3.8) is 0 Å². The summed E-state index contributed by atoms with van der Waals surface area (Å²) in [6.07, 6.45) is 0.108. The van der Waals surface area contributed by atoms with Gasteiger partial charge < -0.3 is 15.3 Å². The molecule has 2 aromatic rings. The SMILES string of the molecule is C[C@H]([C@H](O)c1cc(Cl)c(O)c(Cl)c1)N1CCC(O)(c2ccc(F)cc2)CC1. The van der Waals surface area contributed by atoms with Gasteiger partial charge in [-0.25, -0.2) is 4.39 Å². The van der Waals surface area contributed by atoms with Crippen molar-refractivity contribution >= 4 is 23.2 Å². The standard InChI is InChI=1S/C20H22Cl2FNO3/c1-12(18(25)13-10-16(21)19(26)17(22)11-13)24-8-6-20(27,7-9-24)14-2-4-15(23)5-3-14/h2-5,10-12,18,25-27H,6-9H2,1H3/t12-,18+/m1/s1. The third-order valence-electron chi connectivity index (χ3n) is 5.42. The molecule has 3 rings (SSSR count). The molecule has 3 N–H and O–H groups in total. The van der Waals surface area contributed by atoms with E-state index in [1.165, 1.54) is 24.3 Å². The minimum absolute atomic E-state index is 0.0908. The number of phenols is 1. The van der Waals surface area contributed by atoms with E-state index in [1.54, 1.807) is 12.1 Å². The molecule has 0 spiro atoms. The summed E-state index contributed by atoms with van der Waals surface area (Å²) < 4.78 is 13.1. The smallest absolute Gasteiger partial charge is 0.152 e. The Balaban J connectivity index is 1.69. The fourth-order valence-corrected chi connectivity index (χ4v) is 4.09. The van der Waals surface area contributed by atoms with Gasteiger partial charge in [-0.05, 0) is 55.2 Å². The summed E-state index contributed by atoms with van der Waals surface area (Å²) >= 11 is 11.9. The summed E-state index contributed by atoms with van der Waals surface area (Å²) in [5.74, 6) is -0.535. The lowest BCUT2D eigenvalue weighted by Crippen LogP contribution is -2.47. The third-order valence-corrected chi connectivity index (χ3v) is 6.00. The number of phenolic OH excluding ortho intramolecular Hbond substituents is 1. The summed E-state index contributed by atoms with van der Waals surface area (Å²) in [5, 5.41) is 31.5. The maximum absolute atomic E-state index is 13.1. The Morgan fingerprint density at radius 3 is 2.11 bits per heavy atom. The van der Waals surface area contributed by atoms with E-state index in [0.29, 0.717) is 37.1 Å². The van der Waals surface area contributed by atoms with Crippen molar-refractivity contribution in [2.45, 2.75) is 37.5 Å². The molecule has 1 aliphatic rings. The van der Waals surface area contributed by atoms with Crippen LogP contribution in [0.1, 0.15) is 37.0 Å². The Morgan fingerprint density at radius 1 is 1.07 bits per heavy atom. The van der Waals surface area contributed by atoms with E-state index in [-0.39, 0.29) is 27.7 Å². The van der Waals surface area contributed by atoms with Crippen LogP contribution < -0.4 is 0 Å². The fourth-order valence-electron chi connectivity index (χ4n) is 3.58. The Kier molecular flexibility index (Phi) is 5.99. The summed E-state index contributed by atoms with van der Waals surface area (Å²) in [7, 11) is 0. The molecule has 0 unspecified atom stereocenters. The highest BCUT2D eigenvalue weighted by Crippen LogP contribution is 2.38. The molecule has 7 heteroatoms. The van der Waals surface area contributed by atoms with Crippen molar-refractivity contribution in [2.75, 3.05) is 13.1 Å². The number of nitrogens with zero attached hydrogens (tertiary/aromatic N) is 1. The Bertz CT molecular complexity index is 784. The minimum Gasteiger partial charge on any atom is -0.505 e. The average Bonchev–Trinajstić information content (AvgIpc) is 2.65. The third kappa shape index (κ3) is 4.23. The number of aliphatic hydroxyl groups excluding tert-OH is 1. The van der Waals surface area contributed by atoms with Crippen molar-refractivity contribution in [3.8, 4) is 5.75 Å². The second-order valence-corrected chi connectivity index (χ2v) is 7.91. The molecule has 0 amide bonds. The van der Waals surface area contributed by atoms with Gasteiger partial charge in [0, 0.05) is 19.1 Å². The van der Waals surface area contributed by atoms with E-state index in [0.717, 1.165) is 0 Å². The van der Waals surface area contributed by atoms with Crippen LogP contribution in [0.2, 0.25) is 10.0 Å². The van der Waals surface area contributed by atoms with Crippen molar-refractivity contribution < 1.29 is 19.7 Å². The first-order valence-corrected chi connectivity index (χ1v) is 9.55. The van der Waals surface area contributed by atoms with Crippen LogP contribution in [-0.4, -0.2) is 39.4 Å². The maximum atomic E-state index is 13.1. The molecule has 4 nitrogen and oxygen atoms in total. The number of aliphatic hydroxyl groups is 2. The summed E-state index contributed by atoms with van der Waals surface area (Å²) in [6, 6.07) is 8.70. The monoisotopic (exact) mass is 413 g/mol. The van der Waals surface area contributed by atoms with Crippen LogP contribution in [0, 0.1) is 5.82 Å². The lowest BCUT2D eigenvalue weighted by Gasteiger charge is -2.42. The van der Waals surface area contributed by atoms with Crippen LogP contribution in [0.25, 0.3) is 0 Å². The van der Waals surface area contributed by atoms with Gasteiger partial charge in [0.2, 0.25) is 0 Å². The number of piperidine rings is 1. The summed E-state index contributed by atoms with van der Waals surface area (Å²) in [5.41, 5.74) is 0.226. The van der Waals surface area contributed by atoms with Gasteiger partial charge in [-0.15, -0.1) is 0 Å². The van der Waals surface area contributed by atoms with Crippen LogP contribution >= 0.6 is 23.2 Å². The molecule has 0 saturated carbocycles. The molecular formula is C20H22Cl2FNO3. The number of rotatable bonds is 4. The van der Waals surface area contributed by atoms with E-state index in [2.05, 4.69) is 4.90 Å². The van der Waals surface area contributed by atoms with Crippen LogP contribution in [0.3, 0.4) is 0 Å². The largest absolute Gasteiger partial charge is 0.505 e. The highest BCUT2D eigenvalue weighted by atomic mass is 35.5. The number of halogens is 3. The minimum atomic E-state index is -1.000. The number of aromatic hydroxyl groups is 1. The Labute approximate surface area is 167 Å². The molecule has 0 aliphatic carbocycles. The predicted molar refractivity (Wildman–Crippen MR) is 104 cm³/mol. The number of hydrogen-bond acceptors (Lipinski definition) is 4. The molecule has 2 atom stereocenters. The average molecular weight is 414 g/mol. The number of likely N-dealkylation sites (tertiary alicyclic amines) is 1. The molecule has 1 fully saturated rings. The first kappa shape index (κ1) is 20.4. The van der Waals surface area contributed by atoms with Crippen molar-refractivity contribution in [1.29, 1.82) is 0 Å². The van der Waals surface area contributed by atoms with Crippen molar-refractivity contribution in [1.82, 2.24) is 4.90 Å². The lowest BCUT2D eigenvalue weighted by molar-refractivity contribution is -0.0502. The molecule has 2 aromatic carbocycles. The maximum Gasteiger partial charge on any atom is 0.152 e. The second kappa shape index (κ2) is 7.94. The van der Waals surface area contributed by atoms with Crippen LogP contribution in [0.4, 0.5) is 4.39 Å². The van der Waals surface area contributed by atoms with Crippen molar-refractivity contribution in [2.24, 2.45) is 0 Å². The summed E-state index contributed by atoms with van der Waals surface area (Å²) in [4.78, 5) is 2.08. The second-order valence-electron chi connectivity index (χ2n) is 7.09. The van der Waals surface area contributed by atoms with E-state index in [1.807, 2.05) is 6.92 Å². The molecular weight excluding hydrogens is 392 g/mol. The zero-order valence-corrected chi connectivity index (χ0v) is 16.4. The normalized spacial score (nSPS) is 19.6. The van der Waals surface area contributed by atoms with Gasteiger partial charge in [0.25, 0.3) is 0 Å². The fraction of sp³-hybridized carbons (Fsp3) is 0.400. The predicted octanol–water partition coefficient (Wildman–Crippen LogP) is 4.24. The number of benzene rings is 2. The van der Waals surface area contributed by atoms with Gasteiger partial charge in [0.1, 0.15) is 5.82 Å². The molecule has 1 saturated heterocycles. The van der Waals surface area contributed by atoms with Gasteiger partial charge >= 0.3 is 0 Å². The zero-order chi connectivity index (χ0) is 19.8. The molecule has 0 aromatic heterocycles. The van der Waals surface area contributed by atoms with E-state index in [4.69, 9.17) is 23.2 Å². The van der Waals surface area contributed by atoms with Gasteiger partial charge in [-0.2, -0.15) is 0 Å². The van der Waals surface area contributed by atoms with Gasteiger partial charge in [-0.3, -0.25) is 4.90 Å². The van der Waals surface area contributed by atoms with Crippen LogP contribution in [0.15, 0.2) is 36.4 Å². The van der Waals surface area contributed by atoms with E-state index < -0.39 is 11.7 Å². The molecule has 1 heterocycles. The molecule has 27 heavy (non-hydrogen) atoms. The van der Waals surface area contributed by atoms with Gasteiger partial charge in [0.05, 0.1) is 21.8 Å². The van der Waals surface area contributed by atoms with Crippen LogP contribution in [0.5, 0.6) is 5.75 Å². The quantitative estimate of drug-likeness (QED) is 0.700.